The second-order valence-electron chi connectivity index (χ2n) is 5.28. The van der Waals surface area contributed by atoms with Crippen molar-refractivity contribution in [3.8, 4) is 0 Å². The Labute approximate surface area is 117 Å². The lowest BCUT2D eigenvalue weighted by Crippen LogP contribution is -2.19. The van der Waals surface area contributed by atoms with Crippen molar-refractivity contribution in [2.45, 2.75) is 19.1 Å². The lowest BCUT2D eigenvalue weighted by Gasteiger charge is -2.11. The Bertz CT molecular complexity index is 954. The second kappa shape index (κ2) is 3.87. The molecule has 0 bridgehead atoms. The number of pyridine rings is 1. The molecule has 0 unspecified atom stereocenters. The van der Waals surface area contributed by atoms with E-state index >= 15 is 0 Å². The summed E-state index contributed by atoms with van der Waals surface area (Å²) in [5.74, 6) is 0. The van der Waals surface area contributed by atoms with E-state index in [1.54, 1.807) is 4.57 Å². The molecule has 5 heteroatoms. The molecule has 0 spiro atoms. The van der Waals surface area contributed by atoms with Crippen LogP contribution in [0.4, 0.5) is 13.2 Å². The van der Waals surface area contributed by atoms with Crippen LogP contribution in [-0.2, 0) is 19.1 Å². The van der Waals surface area contributed by atoms with Gasteiger partial charge in [-0.15, -0.1) is 0 Å². The van der Waals surface area contributed by atoms with Crippen molar-refractivity contribution < 1.29 is 13.2 Å². The fraction of sp³-hybridized carbons (Fsp3) is 0.188. The van der Waals surface area contributed by atoms with E-state index in [0.29, 0.717) is 11.9 Å². The second-order valence-corrected chi connectivity index (χ2v) is 5.28. The third kappa shape index (κ3) is 1.63. The van der Waals surface area contributed by atoms with E-state index in [1.807, 2.05) is 18.2 Å². The minimum atomic E-state index is -4.44. The van der Waals surface area contributed by atoms with Crippen LogP contribution in [-0.4, -0.2) is 4.57 Å². The molecule has 4 rings (SSSR count). The highest BCUT2D eigenvalue weighted by molar-refractivity contribution is 6.07. The minimum Gasteiger partial charge on any atom is -0.307 e. The summed E-state index contributed by atoms with van der Waals surface area (Å²) in [6, 6.07) is 9.11. The zero-order valence-electron chi connectivity index (χ0n) is 10.9. The summed E-state index contributed by atoms with van der Waals surface area (Å²) < 4.78 is 40.1. The van der Waals surface area contributed by atoms with Crippen molar-refractivity contribution in [1.29, 1.82) is 0 Å². The van der Waals surface area contributed by atoms with E-state index in [-0.39, 0.29) is 10.9 Å². The largest absolute Gasteiger partial charge is 0.416 e. The number of aryl methyl sites for hydroxylation is 2. The third-order valence-electron chi connectivity index (χ3n) is 4.11. The molecule has 1 aliphatic heterocycles. The molecular weight excluding hydrogens is 279 g/mol. The molecule has 2 heterocycles. The summed E-state index contributed by atoms with van der Waals surface area (Å²) in [6.07, 6.45) is -3.70. The summed E-state index contributed by atoms with van der Waals surface area (Å²) in [7, 11) is 0. The number of para-hydroxylation sites is 1. The standard InChI is InChI=1S/C16H10F3NO/c17-16(18,19)10-4-5-11-12-3-1-2-9-6-7-20(14(9)12)15(21)13(11)8-10/h1-5,8H,6-7H2. The lowest BCUT2D eigenvalue weighted by molar-refractivity contribution is -0.137. The smallest absolute Gasteiger partial charge is 0.307 e. The Morgan fingerprint density at radius 1 is 1.00 bits per heavy atom. The minimum absolute atomic E-state index is 0.136. The molecule has 0 aliphatic carbocycles. The normalized spacial score (nSPS) is 14.2. The van der Waals surface area contributed by atoms with Crippen LogP contribution in [0.1, 0.15) is 11.1 Å². The molecule has 0 amide bonds. The van der Waals surface area contributed by atoms with Gasteiger partial charge in [-0.3, -0.25) is 4.79 Å². The van der Waals surface area contributed by atoms with Crippen LogP contribution in [0.15, 0.2) is 41.2 Å². The zero-order chi connectivity index (χ0) is 14.8. The molecule has 0 saturated carbocycles. The molecule has 1 aromatic heterocycles. The number of benzene rings is 2. The zero-order valence-corrected chi connectivity index (χ0v) is 10.9. The monoisotopic (exact) mass is 289 g/mol. The molecule has 0 fully saturated rings. The molecular formula is C16H10F3NO. The molecule has 2 nitrogen and oxygen atoms in total. The van der Waals surface area contributed by atoms with Gasteiger partial charge in [-0.2, -0.15) is 13.2 Å². The van der Waals surface area contributed by atoms with Crippen LogP contribution in [0.3, 0.4) is 0 Å². The Morgan fingerprint density at radius 2 is 1.81 bits per heavy atom. The average Bonchev–Trinajstić information content (AvgIpc) is 2.88. The van der Waals surface area contributed by atoms with Crippen LogP contribution in [0.5, 0.6) is 0 Å². The van der Waals surface area contributed by atoms with E-state index in [2.05, 4.69) is 0 Å². The van der Waals surface area contributed by atoms with Gasteiger partial charge in [0.25, 0.3) is 5.56 Å². The molecule has 2 aromatic carbocycles. The van der Waals surface area contributed by atoms with Crippen LogP contribution in [0.25, 0.3) is 21.7 Å². The van der Waals surface area contributed by atoms with E-state index in [0.717, 1.165) is 35.0 Å². The summed E-state index contributed by atoms with van der Waals surface area (Å²) in [5, 5.41) is 1.56. The molecule has 0 atom stereocenters. The molecule has 0 saturated heterocycles. The molecule has 21 heavy (non-hydrogen) atoms. The first-order chi connectivity index (χ1) is 9.97. The van der Waals surface area contributed by atoms with E-state index in [1.165, 1.54) is 6.07 Å². The van der Waals surface area contributed by atoms with Gasteiger partial charge in [0.15, 0.2) is 0 Å². The maximum absolute atomic E-state index is 12.8. The van der Waals surface area contributed by atoms with Crippen molar-refractivity contribution in [3.63, 3.8) is 0 Å². The summed E-state index contributed by atoms with van der Waals surface area (Å²) >= 11 is 0. The van der Waals surface area contributed by atoms with E-state index in [9.17, 15) is 18.0 Å². The van der Waals surface area contributed by atoms with Crippen molar-refractivity contribution >= 4 is 21.7 Å². The Balaban J connectivity index is 2.21. The number of hydrogen-bond donors (Lipinski definition) is 0. The predicted molar refractivity (Wildman–Crippen MR) is 74.4 cm³/mol. The number of nitrogens with zero attached hydrogens (tertiary/aromatic N) is 1. The summed E-state index contributed by atoms with van der Waals surface area (Å²) in [6.45, 7) is 0.529. The van der Waals surface area contributed by atoms with Gasteiger partial charge in [-0.05, 0) is 29.5 Å². The lowest BCUT2D eigenvalue weighted by atomic mass is 10.0. The number of hydrogen-bond acceptors (Lipinski definition) is 1. The van der Waals surface area contributed by atoms with Gasteiger partial charge in [0.05, 0.1) is 11.1 Å². The van der Waals surface area contributed by atoms with E-state index < -0.39 is 11.7 Å². The van der Waals surface area contributed by atoms with Crippen LogP contribution >= 0.6 is 0 Å². The van der Waals surface area contributed by atoms with Crippen molar-refractivity contribution in [2.24, 2.45) is 0 Å². The van der Waals surface area contributed by atoms with Crippen molar-refractivity contribution in [3.05, 3.63) is 57.9 Å². The number of rotatable bonds is 0. The third-order valence-corrected chi connectivity index (χ3v) is 4.11. The van der Waals surface area contributed by atoms with Gasteiger partial charge in [-0.25, -0.2) is 0 Å². The SMILES string of the molecule is O=c1c2cc(C(F)(F)F)ccc2c2cccc3c2n1CC3. The molecule has 106 valence electrons. The number of alkyl halides is 3. The highest BCUT2D eigenvalue weighted by Crippen LogP contribution is 2.34. The van der Waals surface area contributed by atoms with Gasteiger partial charge in [0.1, 0.15) is 0 Å². The van der Waals surface area contributed by atoms with Crippen LogP contribution in [0, 0.1) is 0 Å². The summed E-state index contributed by atoms with van der Waals surface area (Å²) in [4.78, 5) is 12.5. The summed E-state index contributed by atoms with van der Waals surface area (Å²) in [5.41, 5.74) is 0.808. The van der Waals surface area contributed by atoms with Gasteiger partial charge < -0.3 is 4.57 Å². The maximum atomic E-state index is 12.8. The molecule has 0 N–H and O–H groups in total. The van der Waals surface area contributed by atoms with Gasteiger partial charge in [0.2, 0.25) is 0 Å². The van der Waals surface area contributed by atoms with Gasteiger partial charge in [-0.1, -0.05) is 24.3 Å². The van der Waals surface area contributed by atoms with Gasteiger partial charge in [0, 0.05) is 17.3 Å². The van der Waals surface area contributed by atoms with E-state index in [4.69, 9.17) is 0 Å². The fourth-order valence-corrected chi connectivity index (χ4v) is 3.15. The number of aromatic nitrogens is 1. The Kier molecular flexibility index (Phi) is 2.29. The highest BCUT2D eigenvalue weighted by Gasteiger charge is 2.31. The topological polar surface area (TPSA) is 22.0 Å². The van der Waals surface area contributed by atoms with Crippen LogP contribution in [0.2, 0.25) is 0 Å². The quantitative estimate of drug-likeness (QED) is 0.578. The molecule has 0 radical (unpaired) electrons. The maximum Gasteiger partial charge on any atom is 0.416 e. The first kappa shape index (κ1) is 12.4. The molecule has 1 aliphatic rings. The highest BCUT2D eigenvalue weighted by atomic mass is 19.4. The average molecular weight is 289 g/mol. The number of halogens is 3. The van der Waals surface area contributed by atoms with Crippen LogP contribution < -0.4 is 5.56 Å². The predicted octanol–water partition coefficient (Wildman–Crippen LogP) is 3.73. The van der Waals surface area contributed by atoms with Crippen molar-refractivity contribution in [1.82, 2.24) is 4.57 Å². The van der Waals surface area contributed by atoms with Crippen molar-refractivity contribution in [2.75, 3.05) is 0 Å². The van der Waals surface area contributed by atoms with Gasteiger partial charge >= 0.3 is 6.18 Å². The first-order valence-electron chi connectivity index (χ1n) is 6.62. The molecule has 3 aromatic rings. The number of fused-ring (bicyclic) bond motifs is 2. The fourth-order valence-electron chi connectivity index (χ4n) is 3.15. The first-order valence-corrected chi connectivity index (χ1v) is 6.62. The Morgan fingerprint density at radius 3 is 2.57 bits per heavy atom. The Hall–Kier alpha value is -2.30.